The molecule has 100 valence electrons. The summed E-state index contributed by atoms with van der Waals surface area (Å²) in [5, 5.41) is 0. The minimum Gasteiger partial charge on any atom is -0.263 e. The van der Waals surface area contributed by atoms with Crippen LogP contribution in [0.2, 0.25) is 0 Å². The maximum Gasteiger partial charge on any atom is 0.263 e. The van der Waals surface area contributed by atoms with Crippen LogP contribution < -0.4 is 4.72 Å². The van der Waals surface area contributed by atoms with Crippen LogP contribution in [0.25, 0.3) is 0 Å². The zero-order chi connectivity index (χ0) is 14.0. The summed E-state index contributed by atoms with van der Waals surface area (Å²) in [6.07, 6.45) is 0. The number of benzene rings is 1. The van der Waals surface area contributed by atoms with Crippen molar-refractivity contribution < 1.29 is 21.6 Å². The summed E-state index contributed by atoms with van der Waals surface area (Å²) in [4.78, 5) is 2.67. The van der Waals surface area contributed by atoms with Crippen LogP contribution >= 0.6 is 0 Å². The van der Waals surface area contributed by atoms with Gasteiger partial charge < -0.3 is 0 Å². The molecule has 1 aromatic carbocycles. The molecule has 0 radical (unpaired) electrons. The topological polar surface area (TPSA) is 59.1 Å². The van der Waals surface area contributed by atoms with Crippen molar-refractivity contribution in [2.24, 2.45) is 0 Å². The summed E-state index contributed by atoms with van der Waals surface area (Å²) < 4.78 is 64.3. The van der Waals surface area contributed by atoms with Crippen LogP contribution in [0.3, 0.4) is 0 Å². The number of nitrogens with zero attached hydrogens (tertiary/aromatic N) is 1. The van der Waals surface area contributed by atoms with E-state index in [1.165, 1.54) is 12.1 Å². The van der Waals surface area contributed by atoms with Crippen LogP contribution in [0.1, 0.15) is 0 Å². The van der Waals surface area contributed by atoms with Crippen molar-refractivity contribution in [3.63, 3.8) is 0 Å². The van der Waals surface area contributed by atoms with Crippen molar-refractivity contribution in [2.75, 3.05) is 4.72 Å². The van der Waals surface area contributed by atoms with Crippen molar-refractivity contribution >= 4 is 15.8 Å². The average Bonchev–Trinajstić information content (AvgIpc) is 2.26. The lowest BCUT2D eigenvalue weighted by Gasteiger charge is -2.07. The SMILES string of the molecule is O=S(=O)(Nc1cccc(F)n1)c1cc(F)cc(F)c1. The van der Waals surface area contributed by atoms with Gasteiger partial charge in [-0.1, -0.05) is 6.07 Å². The van der Waals surface area contributed by atoms with Crippen molar-refractivity contribution in [1.82, 2.24) is 4.98 Å². The molecule has 1 aromatic heterocycles. The first-order valence-corrected chi connectivity index (χ1v) is 6.46. The fourth-order valence-electron chi connectivity index (χ4n) is 1.35. The third-order valence-corrected chi connectivity index (χ3v) is 3.43. The van der Waals surface area contributed by atoms with Gasteiger partial charge in [-0.3, -0.25) is 4.72 Å². The number of aromatic nitrogens is 1. The molecule has 0 atom stereocenters. The van der Waals surface area contributed by atoms with Gasteiger partial charge >= 0.3 is 0 Å². The first-order valence-electron chi connectivity index (χ1n) is 4.98. The van der Waals surface area contributed by atoms with Crippen molar-refractivity contribution in [2.45, 2.75) is 4.90 Å². The minimum atomic E-state index is -4.23. The molecule has 0 spiro atoms. The molecule has 0 saturated carbocycles. The molecule has 0 aliphatic heterocycles. The lowest BCUT2D eigenvalue weighted by atomic mass is 10.3. The van der Waals surface area contributed by atoms with Crippen molar-refractivity contribution in [3.8, 4) is 0 Å². The number of sulfonamides is 1. The Bertz CT molecular complexity index is 699. The van der Waals surface area contributed by atoms with E-state index in [0.717, 1.165) is 6.07 Å². The fourth-order valence-corrected chi connectivity index (χ4v) is 2.39. The standard InChI is InChI=1S/C11H7F3N2O2S/c12-7-4-8(13)6-9(5-7)19(17,18)16-11-3-1-2-10(14)15-11/h1-6H,(H,15,16). The summed E-state index contributed by atoms with van der Waals surface area (Å²) in [6, 6.07) is 5.30. The summed E-state index contributed by atoms with van der Waals surface area (Å²) in [5.74, 6) is -3.24. The van der Waals surface area contributed by atoms with E-state index in [1.807, 2.05) is 4.72 Å². The summed E-state index contributed by atoms with van der Waals surface area (Å²) in [6.45, 7) is 0. The number of hydrogen-bond donors (Lipinski definition) is 1. The number of rotatable bonds is 3. The summed E-state index contributed by atoms with van der Waals surface area (Å²) in [7, 11) is -4.23. The van der Waals surface area contributed by atoms with E-state index in [4.69, 9.17) is 0 Å². The highest BCUT2D eigenvalue weighted by atomic mass is 32.2. The number of nitrogens with one attached hydrogen (secondary N) is 1. The monoisotopic (exact) mass is 288 g/mol. The molecule has 4 nitrogen and oxygen atoms in total. The quantitative estimate of drug-likeness (QED) is 0.882. The van der Waals surface area contributed by atoms with Gasteiger partial charge in [-0.05, 0) is 24.3 Å². The Labute approximate surface area is 107 Å². The Morgan fingerprint density at radius 1 is 1.00 bits per heavy atom. The van der Waals surface area contributed by atoms with Crippen molar-refractivity contribution in [1.29, 1.82) is 0 Å². The molecule has 0 amide bonds. The van der Waals surface area contributed by atoms with Crippen LogP contribution in [-0.4, -0.2) is 13.4 Å². The number of halogens is 3. The minimum absolute atomic E-state index is 0.287. The molecule has 19 heavy (non-hydrogen) atoms. The molecule has 0 fully saturated rings. The second-order valence-corrected chi connectivity index (χ2v) is 5.24. The number of hydrogen-bond acceptors (Lipinski definition) is 3. The molecule has 2 rings (SSSR count). The third-order valence-electron chi connectivity index (χ3n) is 2.10. The summed E-state index contributed by atoms with van der Waals surface area (Å²) in [5.41, 5.74) is 0. The van der Waals surface area contributed by atoms with Gasteiger partial charge in [-0.2, -0.15) is 4.39 Å². The zero-order valence-electron chi connectivity index (χ0n) is 9.27. The molecule has 0 unspecified atom stereocenters. The fraction of sp³-hybridized carbons (Fsp3) is 0. The molecule has 1 heterocycles. The van der Waals surface area contributed by atoms with Gasteiger partial charge in [-0.25, -0.2) is 22.2 Å². The van der Waals surface area contributed by atoms with Crippen LogP contribution in [0.4, 0.5) is 19.0 Å². The zero-order valence-corrected chi connectivity index (χ0v) is 10.1. The smallest absolute Gasteiger partial charge is 0.263 e. The molecule has 0 aliphatic carbocycles. The Balaban J connectivity index is 2.37. The van der Waals surface area contributed by atoms with E-state index in [-0.39, 0.29) is 5.82 Å². The Kier molecular flexibility index (Phi) is 3.43. The Morgan fingerprint density at radius 2 is 1.63 bits per heavy atom. The van der Waals surface area contributed by atoms with Crippen LogP contribution in [0.15, 0.2) is 41.3 Å². The molecule has 0 saturated heterocycles. The summed E-state index contributed by atoms with van der Waals surface area (Å²) >= 11 is 0. The van der Waals surface area contributed by atoms with Crippen LogP contribution in [0.5, 0.6) is 0 Å². The van der Waals surface area contributed by atoms with Gasteiger partial charge in [0, 0.05) is 6.07 Å². The molecule has 2 aromatic rings. The first-order chi connectivity index (χ1) is 8.87. The lowest BCUT2D eigenvalue weighted by molar-refractivity contribution is 0.568. The molecule has 8 heteroatoms. The number of anilines is 1. The van der Waals surface area contributed by atoms with Crippen molar-refractivity contribution in [3.05, 3.63) is 54.0 Å². The van der Waals surface area contributed by atoms with Crippen LogP contribution in [-0.2, 0) is 10.0 Å². The average molecular weight is 288 g/mol. The maximum atomic E-state index is 13.0. The second-order valence-electron chi connectivity index (χ2n) is 3.56. The van der Waals surface area contributed by atoms with Gasteiger partial charge in [0.15, 0.2) is 0 Å². The highest BCUT2D eigenvalue weighted by molar-refractivity contribution is 7.92. The third kappa shape index (κ3) is 3.22. The van der Waals surface area contributed by atoms with Gasteiger partial charge in [0.1, 0.15) is 17.5 Å². The lowest BCUT2D eigenvalue weighted by Crippen LogP contribution is -2.14. The molecular formula is C11H7F3N2O2S. The highest BCUT2D eigenvalue weighted by Crippen LogP contribution is 2.17. The molecular weight excluding hydrogens is 281 g/mol. The first kappa shape index (κ1) is 13.3. The Morgan fingerprint density at radius 3 is 2.21 bits per heavy atom. The predicted octanol–water partition coefficient (Wildman–Crippen LogP) is 2.30. The second kappa shape index (κ2) is 4.88. The van der Waals surface area contributed by atoms with E-state index in [1.54, 1.807) is 0 Å². The molecule has 0 aliphatic rings. The van der Waals surface area contributed by atoms with E-state index >= 15 is 0 Å². The van der Waals surface area contributed by atoms with E-state index in [0.29, 0.717) is 18.2 Å². The van der Waals surface area contributed by atoms with E-state index in [2.05, 4.69) is 4.98 Å². The predicted molar refractivity (Wildman–Crippen MR) is 61.4 cm³/mol. The van der Waals surface area contributed by atoms with Gasteiger partial charge in [0.05, 0.1) is 4.90 Å². The largest absolute Gasteiger partial charge is 0.263 e. The van der Waals surface area contributed by atoms with Gasteiger partial charge in [0.25, 0.3) is 10.0 Å². The normalized spacial score (nSPS) is 11.3. The van der Waals surface area contributed by atoms with Crippen LogP contribution in [0, 0.1) is 17.6 Å². The van der Waals surface area contributed by atoms with Gasteiger partial charge in [-0.15, -0.1) is 0 Å². The van der Waals surface area contributed by atoms with E-state index in [9.17, 15) is 21.6 Å². The molecule has 0 bridgehead atoms. The maximum absolute atomic E-state index is 13.0. The Hall–Kier alpha value is -2.09. The van der Waals surface area contributed by atoms with Gasteiger partial charge in [0.2, 0.25) is 5.95 Å². The molecule has 1 N–H and O–H groups in total. The highest BCUT2D eigenvalue weighted by Gasteiger charge is 2.17. The number of pyridine rings is 1. The van der Waals surface area contributed by atoms with E-state index < -0.39 is 32.5 Å².